The van der Waals surface area contributed by atoms with Gasteiger partial charge in [0, 0.05) is 18.6 Å². The SMILES string of the molecule is C[N@@+]1(CC=CC2=C(C(=O)[O-])N3C(=O)CC3SC2)CCC[C@H]1CO.I. The number of carboxylic acid groups (broad SMARTS) is 1. The first-order chi connectivity index (χ1) is 11.0. The average molecular weight is 466 g/mol. The van der Waals surface area contributed by atoms with E-state index in [1.165, 1.54) is 4.90 Å². The molecule has 2 saturated heterocycles. The van der Waals surface area contributed by atoms with Crippen LogP contribution in [0.3, 0.4) is 0 Å². The van der Waals surface area contributed by atoms with Gasteiger partial charge in [0.2, 0.25) is 5.91 Å². The van der Waals surface area contributed by atoms with E-state index in [-0.39, 0.29) is 53.6 Å². The number of nitrogens with zero attached hydrogens (tertiary/aromatic N) is 2. The van der Waals surface area contributed by atoms with Gasteiger partial charge in [0.15, 0.2) is 0 Å². The predicted octanol–water partition coefficient (Wildman–Crippen LogP) is 0.0711. The van der Waals surface area contributed by atoms with E-state index < -0.39 is 5.97 Å². The van der Waals surface area contributed by atoms with Gasteiger partial charge in [-0.25, -0.2) is 0 Å². The lowest BCUT2D eigenvalue weighted by Gasteiger charge is -2.45. The number of carbonyl (C=O) groups is 2. The fraction of sp³-hybridized carbons (Fsp3) is 0.625. The van der Waals surface area contributed by atoms with Crippen LogP contribution in [0, 0.1) is 0 Å². The number of likely N-dealkylation sites (N-methyl/N-ethyl adjacent to an activating group) is 1. The second-order valence-corrected chi connectivity index (χ2v) is 7.83. The maximum Gasteiger partial charge on any atom is 0.231 e. The van der Waals surface area contributed by atoms with Crippen LogP contribution in [0.25, 0.3) is 0 Å². The number of hydrogen-bond donors (Lipinski definition) is 1. The molecule has 2 fully saturated rings. The summed E-state index contributed by atoms with van der Waals surface area (Å²) in [6.45, 7) is 1.94. The standard InChI is InChI=1S/C16H22N2O4S.HI/c1-18(7-3-5-12(18)9-19)6-2-4-11-10-23-14-8-13(20)17(14)15(11)16(21)22;/h2,4,12,14,19H,3,5-10H2,1H3;1H/t12-,14?,18+;/m0./s1. The highest BCUT2D eigenvalue weighted by atomic mass is 127. The second kappa shape index (κ2) is 7.76. The van der Waals surface area contributed by atoms with E-state index in [4.69, 9.17) is 0 Å². The van der Waals surface area contributed by atoms with Gasteiger partial charge in [-0.1, -0.05) is 6.08 Å². The van der Waals surface area contributed by atoms with E-state index in [9.17, 15) is 19.8 Å². The quantitative estimate of drug-likeness (QED) is 0.353. The first-order valence-electron chi connectivity index (χ1n) is 7.96. The minimum Gasteiger partial charge on any atom is -0.543 e. The molecule has 134 valence electrons. The molecule has 3 heterocycles. The molecular formula is C16H23IN2O4S. The molecule has 8 heteroatoms. The number of thioether (sulfide) groups is 1. The van der Waals surface area contributed by atoms with Crippen LogP contribution >= 0.6 is 35.7 Å². The monoisotopic (exact) mass is 466 g/mol. The number of quaternary nitrogens is 1. The van der Waals surface area contributed by atoms with E-state index in [2.05, 4.69) is 7.05 Å². The van der Waals surface area contributed by atoms with Crippen LogP contribution < -0.4 is 5.11 Å². The minimum absolute atomic E-state index is 0. The highest BCUT2D eigenvalue weighted by Gasteiger charge is 2.43. The Morgan fingerprint density at radius 3 is 2.92 bits per heavy atom. The van der Waals surface area contributed by atoms with Crippen LogP contribution in [0.2, 0.25) is 0 Å². The van der Waals surface area contributed by atoms with Gasteiger partial charge in [-0.15, -0.1) is 35.7 Å². The van der Waals surface area contributed by atoms with Crippen molar-refractivity contribution in [3.8, 4) is 0 Å². The smallest absolute Gasteiger partial charge is 0.231 e. The molecule has 0 bridgehead atoms. The Morgan fingerprint density at radius 1 is 1.54 bits per heavy atom. The molecule has 0 saturated carbocycles. The van der Waals surface area contributed by atoms with E-state index in [0.717, 1.165) is 30.4 Å². The Kier molecular flexibility index (Phi) is 6.38. The Hall–Kier alpha value is -0.580. The molecule has 1 N–H and O–H groups in total. The molecule has 1 unspecified atom stereocenters. The van der Waals surface area contributed by atoms with Crippen LogP contribution in [-0.4, -0.2) is 70.3 Å². The summed E-state index contributed by atoms with van der Waals surface area (Å²) in [7, 11) is 2.12. The fourth-order valence-corrected chi connectivity index (χ4v) is 4.94. The zero-order valence-corrected chi connectivity index (χ0v) is 16.8. The topological polar surface area (TPSA) is 80.7 Å². The van der Waals surface area contributed by atoms with E-state index in [0.29, 0.717) is 17.7 Å². The van der Waals surface area contributed by atoms with Crippen LogP contribution in [0.4, 0.5) is 0 Å². The Labute approximate surface area is 163 Å². The van der Waals surface area contributed by atoms with Gasteiger partial charge in [-0.05, 0) is 11.6 Å². The molecule has 0 aromatic heterocycles. The number of rotatable bonds is 5. The molecule has 0 aromatic carbocycles. The Morgan fingerprint density at radius 2 is 2.29 bits per heavy atom. The molecule has 24 heavy (non-hydrogen) atoms. The maximum atomic E-state index is 11.7. The van der Waals surface area contributed by atoms with Crippen molar-refractivity contribution in [1.29, 1.82) is 0 Å². The number of allylic oxidation sites excluding steroid dienone is 1. The summed E-state index contributed by atoms with van der Waals surface area (Å²) in [5.74, 6) is -0.842. The third-order valence-electron chi connectivity index (χ3n) is 5.22. The molecular weight excluding hydrogens is 443 g/mol. The van der Waals surface area contributed by atoms with Crippen LogP contribution in [0.1, 0.15) is 19.3 Å². The Balaban J connectivity index is 0.00000208. The van der Waals surface area contributed by atoms with Crippen molar-refractivity contribution >= 4 is 47.6 Å². The summed E-state index contributed by atoms with van der Waals surface area (Å²) < 4.78 is 0.777. The summed E-state index contributed by atoms with van der Waals surface area (Å²) in [6.07, 6.45) is 6.31. The van der Waals surface area contributed by atoms with Gasteiger partial charge in [-0.2, -0.15) is 0 Å². The molecule has 0 radical (unpaired) electrons. The third kappa shape index (κ3) is 3.51. The van der Waals surface area contributed by atoms with Gasteiger partial charge in [0.1, 0.15) is 6.04 Å². The van der Waals surface area contributed by atoms with Crippen LogP contribution in [0.15, 0.2) is 23.4 Å². The number of fused-ring (bicyclic) bond motifs is 1. The first-order valence-corrected chi connectivity index (χ1v) is 9.01. The number of β-lactam (4-membered cyclic amide) rings is 1. The third-order valence-corrected chi connectivity index (χ3v) is 6.46. The summed E-state index contributed by atoms with van der Waals surface area (Å²) in [6, 6.07) is 0.247. The van der Waals surface area contributed by atoms with Crippen molar-refractivity contribution < 1.29 is 24.3 Å². The predicted molar refractivity (Wildman–Crippen MR) is 100 cm³/mol. The van der Waals surface area contributed by atoms with Gasteiger partial charge in [0.25, 0.3) is 0 Å². The van der Waals surface area contributed by atoms with Gasteiger partial charge in [0.05, 0.1) is 50.2 Å². The number of aliphatic hydroxyl groups excluding tert-OH is 1. The van der Waals surface area contributed by atoms with Crippen molar-refractivity contribution in [2.24, 2.45) is 0 Å². The van der Waals surface area contributed by atoms with Crippen LogP contribution in [0.5, 0.6) is 0 Å². The van der Waals surface area contributed by atoms with Crippen molar-refractivity contribution in [3.05, 3.63) is 23.4 Å². The highest BCUT2D eigenvalue weighted by molar-refractivity contribution is 14.0. The number of carbonyl (C=O) groups excluding carboxylic acids is 2. The zero-order chi connectivity index (χ0) is 16.6. The Bertz CT molecular complexity index is 595. The molecule has 1 amide bonds. The van der Waals surface area contributed by atoms with Gasteiger partial charge >= 0.3 is 0 Å². The molecule has 6 nitrogen and oxygen atoms in total. The molecule has 0 aliphatic carbocycles. The maximum absolute atomic E-state index is 11.7. The summed E-state index contributed by atoms with van der Waals surface area (Å²) in [5, 5.41) is 20.9. The van der Waals surface area contributed by atoms with Crippen molar-refractivity contribution in [1.82, 2.24) is 4.90 Å². The zero-order valence-electron chi connectivity index (χ0n) is 13.6. The molecule has 0 aromatic rings. The second-order valence-electron chi connectivity index (χ2n) is 6.66. The van der Waals surface area contributed by atoms with Crippen molar-refractivity contribution in [2.75, 3.05) is 32.5 Å². The normalized spacial score (nSPS) is 32.6. The number of amides is 1. The van der Waals surface area contributed by atoms with Crippen molar-refractivity contribution in [3.63, 3.8) is 0 Å². The van der Waals surface area contributed by atoms with Crippen LogP contribution in [-0.2, 0) is 9.59 Å². The van der Waals surface area contributed by atoms with Crippen molar-refractivity contribution in [2.45, 2.75) is 30.7 Å². The number of aliphatic carboxylic acids is 1. The lowest BCUT2D eigenvalue weighted by molar-refractivity contribution is -0.916. The first kappa shape index (κ1) is 19.7. The molecule has 3 atom stereocenters. The minimum atomic E-state index is -1.28. The number of likely N-dealkylation sites (tertiary alicyclic amines) is 1. The lowest BCUT2D eigenvalue weighted by Crippen LogP contribution is -2.55. The molecule has 3 rings (SSSR count). The molecule has 0 spiro atoms. The summed E-state index contributed by atoms with van der Waals surface area (Å²) >= 11 is 1.59. The lowest BCUT2D eigenvalue weighted by atomic mass is 10.1. The average Bonchev–Trinajstić information content (AvgIpc) is 2.87. The number of halogens is 1. The van der Waals surface area contributed by atoms with Gasteiger partial charge in [-0.3, -0.25) is 9.69 Å². The number of aliphatic hydroxyl groups is 1. The van der Waals surface area contributed by atoms with E-state index in [1.54, 1.807) is 11.8 Å². The number of hydrogen-bond acceptors (Lipinski definition) is 5. The molecule has 3 aliphatic rings. The summed E-state index contributed by atoms with van der Waals surface area (Å²) in [5.41, 5.74) is 0.676. The molecule has 3 aliphatic heterocycles. The summed E-state index contributed by atoms with van der Waals surface area (Å²) in [4.78, 5) is 24.5. The van der Waals surface area contributed by atoms with E-state index >= 15 is 0 Å². The number of carboxylic acids is 1. The van der Waals surface area contributed by atoms with E-state index in [1.807, 2.05) is 12.2 Å². The highest BCUT2D eigenvalue weighted by Crippen LogP contribution is 2.40. The largest absolute Gasteiger partial charge is 0.543 e. The van der Waals surface area contributed by atoms with Gasteiger partial charge < -0.3 is 19.5 Å². The fourth-order valence-electron chi connectivity index (χ4n) is 3.70.